The maximum atomic E-state index is 12.3. The van der Waals surface area contributed by atoms with Crippen molar-refractivity contribution in [1.29, 1.82) is 0 Å². The molecule has 1 aromatic rings. The molecule has 0 saturated carbocycles. The van der Waals surface area contributed by atoms with Crippen molar-refractivity contribution in [2.45, 2.75) is 17.7 Å². The number of hydrogen-bond donors (Lipinski definition) is 1. The fourth-order valence-corrected chi connectivity index (χ4v) is 4.01. The molecule has 0 aliphatic carbocycles. The van der Waals surface area contributed by atoms with Crippen LogP contribution >= 0.6 is 15.9 Å². The number of likely N-dealkylation sites (tertiary alicyclic amines) is 1. The van der Waals surface area contributed by atoms with E-state index in [1.54, 1.807) is 12.1 Å². The van der Waals surface area contributed by atoms with Gasteiger partial charge in [-0.05, 0) is 44.1 Å². The van der Waals surface area contributed by atoms with Crippen molar-refractivity contribution >= 4 is 32.7 Å². The molecule has 0 bridgehead atoms. The van der Waals surface area contributed by atoms with E-state index >= 15 is 0 Å². The summed E-state index contributed by atoms with van der Waals surface area (Å²) in [6.07, 6.45) is 2.40. The van der Waals surface area contributed by atoms with Crippen molar-refractivity contribution in [2.75, 3.05) is 25.4 Å². The van der Waals surface area contributed by atoms with Crippen LogP contribution in [0.1, 0.15) is 23.2 Å². The van der Waals surface area contributed by atoms with Gasteiger partial charge >= 0.3 is 5.97 Å². The normalized spacial score (nSPS) is 17.5. The van der Waals surface area contributed by atoms with Crippen molar-refractivity contribution in [3.8, 4) is 0 Å². The summed E-state index contributed by atoms with van der Waals surface area (Å²) in [5.41, 5.74) is 0.128. The maximum absolute atomic E-state index is 12.3. The van der Waals surface area contributed by atoms with Gasteiger partial charge in [-0.25, -0.2) is 4.79 Å². The minimum atomic E-state index is -1.27. The molecular weight excluding hydrogens is 330 g/mol. The molecule has 19 heavy (non-hydrogen) atoms. The lowest BCUT2D eigenvalue weighted by molar-refractivity contribution is 0.0693. The van der Waals surface area contributed by atoms with Crippen molar-refractivity contribution < 1.29 is 14.1 Å². The van der Waals surface area contributed by atoms with Crippen molar-refractivity contribution in [3.05, 3.63) is 28.2 Å². The molecule has 1 aliphatic heterocycles. The molecule has 0 radical (unpaired) electrons. The van der Waals surface area contributed by atoms with Gasteiger partial charge in [0.1, 0.15) is 0 Å². The zero-order chi connectivity index (χ0) is 13.8. The van der Waals surface area contributed by atoms with Crippen LogP contribution in [-0.2, 0) is 10.8 Å². The van der Waals surface area contributed by atoms with E-state index in [-0.39, 0.29) is 5.56 Å². The lowest BCUT2D eigenvalue weighted by Crippen LogP contribution is -2.25. The molecule has 104 valence electrons. The number of aromatic carboxylic acids is 1. The minimum absolute atomic E-state index is 0.128. The summed E-state index contributed by atoms with van der Waals surface area (Å²) in [6.45, 7) is 2.88. The fraction of sp³-hybridized carbons (Fsp3) is 0.462. The first-order chi connectivity index (χ1) is 9.08. The Morgan fingerprint density at radius 3 is 2.68 bits per heavy atom. The number of hydrogen-bond acceptors (Lipinski definition) is 3. The topological polar surface area (TPSA) is 57.6 Å². The van der Waals surface area contributed by atoms with Gasteiger partial charge in [-0.2, -0.15) is 0 Å². The Balaban J connectivity index is 2.08. The first-order valence-electron chi connectivity index (χ1n) is 6.21. The summed E-state index contributed by atoms with van der Waals surface area (Å²) in [5.74, 6) is -0.548. The van der Waals surface area contributed by atoms with Crippen LogP contribution < -0.4 is 0 Å². The highest BCUT2D eigenvalue weighted by molar-refractivity contribution is 9.10. The third kappa shape index (κ3) is 3.87. The molecule has 2 rings (SSSR count). The molecule has 4 nitrogen and oxygen atoms in total. The van der Waals surface area contributed by atoms with E-state index in [4.69, 9.17) is 5.11 Å². The molecule has 0 spiro atoms. The van der Waals surface area contributed by atoms with Crippen molar-refractivity contribution in [1.82, 2.24) is 4.90 Å². The Bertz CT molecular complexity index is 501. The van der Waals surface area contributed by atoms with Crippen LogP contribution in [0.3, 0.4) is 0 Å². The van der Waals surface area contributed by atoms with Crippen LogP contribution in [0, 0.1) is 0 Å². The molecule has 1 fully saturated rings. The van der Waals surface area contributed by atoms with E-state index in [0.29, 0.717) is 10.6 Å². The van der Waals surface area contributed by atoms with Crippen LogP contribution in [0.25, 0.3) is 0 Å². The Hall–Kier alpha value is -0.720. The first kappa shape index (κ1) is 14.7. The molecule has 1 N–H and O–H groups in total. The van der Waals surface area contributed by atoms with E-state index in [2.05, 4.69) is 20.8 Å². The second kappa shape index (κ2) is 6.63. The largest absolute Gasteiger partial charge is 0.478 e. The standard InChI is InChI=1S/C13H16BrNO3S/c14-10-3-4-11(13(16)17)12(9-10)19(18)8-7-15-5-1-2-6-15/h3-4,9H,1-2,5-8H2,(H,16,17). The SMILES string of the molecule is O=C(O)c1ccc(Br)cc1S(=O)CCN1CCCC1. The third-order valence-corrected chi connectivity index (χ3v) is 5.09. The fourth-order valence-electron chi connectivity index (χ4n) is 2.19. The third-order valence-electron chi connectivity index (χ3n) is 3.21. The first-order valence-corrected chi connectivity index (χ1v) is 8.32. The number of halogens is 1. The maximum Gasteiger partial charge on any atom is 0.336 e. The van der Waals surface area contributed by atoms with Gasteiger partial charge in [-0.3, -0.25) is 4.21 Å². The number of carboxylic acid groups (broad SMARTS) is 1. The summed E-state index contributed by atoms with van der Waals surface area (Å²) >= 11 is 3.29. The average Bonchev–Trinajstić information content (AvgIpc) is 2.88. The zero-order valence-corrected chi connectivity index (χ0v) is 12.9. The quantitative estimate of drug-likeness (QED) is 0.889. The molecule has 1 saturated heterocycles. The van der Waals surface area contributed by atoms with Gasteiger partial charge in [0.25, 0.3) is 0 Å². The Morgan fingerprint density at radius 1 is 1.37 bits per heavy atom. The molecule has 1 aromatic carbocycles. The molecular formula is C13H16BrNO3S. The smallest absolute Gasteiger partial charge is 0.336 e. The zero-order valence-electron chi connectivity index (χ0n) is 10.5. The Kier molecular flexibility index (Phi) is 5.13. The minimum Gasteiger partial charge on any atom is -0.478 e. The van der Waals surface area contributed by atoms with Gasteiger partial charge in [0, 0.05) is 16.8 Å². The van der Waals surface area contributed by atoms with Crippen LogP contribution in [0.5, 0.6) is 0 Å². The van der Waals surface area contributed by atoms with Crippen LogP contribution in [0.15, 0.2) is 27.6 Å². The second-order valence-corrected chi connectivity index (χ2v) is 7.00. The summed E-state index contributed by atoms with van der Waals surface area (Å²) in [5, 5.41) is 9.13. The van der Waals surface area contributed by atoms with Crippen LogP contribution in [0.2, 0.25) is 0 Å². The molecule has 1 heterocycles. The van der Waals surface area contributed by atoms with Gasteiger partial charge in [0.05, 0.1) is 21.3 Å². The number of carbonyl (C=O) groups is 1. The van der Waals surface area contributed by atoms with Crippen molar-refractivity contribution in [3.63, 3.8) is 0 Å². The number of carboxylic acids is 1. The van der Waals surface area contributed by atoms with E-state index < -0.39 is 16.8 Å². The summed E-state index contributed by atoms with van der Waals surface area (Å²) in [6, 6.07) is 4.80. The highest BCUT2D eigenvalue weighted by atomic mass is 79.9. The molecule has 6 heteroatoms. The summed E-state index contributed by atoms with van der Waals surface area (Å²) in [7, 11) is -1.27. The van der Waals surface area contributed by atoms with Gasteiger partial charge in [-0.1, -0.05) is 15.9 Å². The predicted octanol–water partition coefficient (Wildman–Crippen LogP) is 2.35. The molecule has 1 atom stereocenters. The van der Waals surface area contributed by atoms with E-state index in [9.17, 15) is 9.00 Å². The molecule has 0 aromatic heterocycles. The van der Waals surface area contributed by atoms with Gasteiger partial charge in [0.15, 0.2) is 0 Å². The highest BCUT2D eigenvalue weighted by Gasteiger charge is 2.18. The number of rotatable bonds is 5. The van der Waals surface area contributed by atoms with Gasteiger partial charge < -0.3 is 10.0 Å². The van der Waals surface area contributed by atoms with Crippen LogP contribution in [0.4, 0.5) is 0 Å². The summed E-state index contributed by atoms with van der Waals surface area (Å²) in [4.78, 5) is 13.8. The van der Waals surface area contributed by atoms with E-state index in [1.807, 2.05) is 0 Å². The monoisotopic (exact) mass is 345 g/mol. The van der Waals surface area contributed by atoms with Gasteiger partial charge in [-0.15, -0.1) is 0 Å². The summed E-state index contributed by atoms with van der Waals surface area (Å²) < 4.78 is 13.0. The predicted molar refractivity (Wildman–Crippen MR) is 78.1 cm³/mol. The highest BCUT2D eigenvalue weighted by Crippen LogP contribution is 2.20. The second-order valence-electron chi connectivity index (χ2n) is 4.54. The lowest BCUT2D eigenvalue weighted by Gasteiger charge is -2.14. The van der Waals surface area contributed by atoms with Crippen LogP contribution in [-0.4, -0.2) is 45.6 Å². The van der Waals surface area contributed by atoms with E-state index in [1.165, 1.54) is 18.9 Å². The Labute approximate surface area is 123 Å². The van der Waals surface area contributed by atoms with Gasteiger partial charge in [0.2, 0.25) is 0 Å². The number of benzene rings is 1. The molecule has 1 unspecified atom stereocenters. The Morgan fingerprint density at radius 2 is 2.05 bits per heavy atom. The molecule has 1 aliphatic rings. The molecule has 0 amide bonds. The average molecular weight is 346 g/mol. The lowest BCUT2D eigenvalue weighted by atomic mass is 10.2. The number of nitrogens with zero attached hydrogens (tertiary/aromatic N) is 1. The van der Waals surface area contributed by atoms with E-state index in [0.717, 1.165) is 24.1 Å². The van der Waals surface area contributed by atoms with Crippen molar-refractivity contribution in [2.24, 2.45) is 0 Å².